The minimum atomic E-state index is -0.185. The van der Waals surface area contributed by atoms with Gasteiger partial charge < -0.3 is 9.30 Å². The van der Waals surface area contributed by atoms with Gasteiger partial charge in [-0.25, -0.2) is 4.39 Å². The van der Waals surface area contributed by atoms with Gasteiger partial charge in [0, 0.05) is 18.1 Å². The average Bonchev–Trinajstić information content (AvgIpc) is 2.89. The minimum Gasteiger partial charge on any atom is -0.375 e. The zero-order valence-electron chi connectivity index (χ0n) is 11.1. The molecule has 1 aromatic heterocycles. The predicted molar refractivity (Wildman–Crippen MR) is 78.0 cm³/mol. The lowest BCUT2D eigenvalue weighted by molar-refractivity contribution is 0.114. The van der Waals surface area contributed by atoms with Crippen molar-refractivity contribution >= 4 is 10.9 Å². The van der Waals surface area contributed by atoms with Crippen molar-refractivity contribution in [2.45, 2.75) is 13.2 Å². The summed E-state index contributed by atoms with van der Waals surface area (Å²) in [5.74, 6) is -0.185. The second-order valence-electron chi connectivity index (χ2n) is 4.72. The number of para-hydroxylation sites is 1. The smallest absolute Gasteiger partial charge is 0.147 e. The highest BCUT2D eigenvalue weighted by Gasteiger charge is 2.05. The Kier molecular flexibility index (Phi) is 3.79. The number of hydrogen-bond donors (Lipinski definition) is 0. The van der Waals surface area contributed by atoms with Gasteiger partial charge in [0.05, 0.1) is 18.7 Å². The number of ether oxygens (including phenoxy) is 1. The van der Waals surface area contributed by atoms with Crippen LogP contribution in [0.1, 0.15) is 5.56 Å². The van der Waals surface area contributed by atoms with Crippen molar-refractivity contribution in [3.8, 4) is 0 Å². The Bertz CT molecular complexity index is 691. The van der Waals surface area contributed by atoms with Crippen molar-refractivity contribution < 1.29 is 9.13 Å². The van der Waals surface area contributed by atoms with Gasteiger partial charge in [-0.2, -0.15) is 0 Å². The highest BCUT2D eigenvalue weighted by Crippen LogP contribution is 2.18. The summed E-state index contributed by atoms with van der Waals surface area (Å²) in [7, 11) is 0. The van der Waals surface area contributed by atoms with E-state index in [0.29, 0.717) is 25.3 Å². The van der Waals surface area contributed by atoms with Gasteiger partial charge in [0.25, 0.3) is 0 Å². The molecular formula is C17H16FNO. The van der Waals surface area contributed by atoms with E-state index in [9.17, 15) is 4.39 Å². The molecule has 3 heteroatoms. The van der Waals surface area contributed by atoms with E-state index in [0.717, 1.165) is 10.9 Å². The molecule has 0 atom stereocenters. The average molecular weight is 269 g/mol. The van der Waals surface area contributed by atoms with Crippen LogP contribution in [-0.4, -0.2) is 11.2 Å². The molecule has 3 aromatic rings. The summed E-state index contributed by atoms with van der Waals surface area (Å²) in [6.45, 7) is 1.80. The van der Waals surface area contributed by atoms with E-state index in [2.05, 4.69) is 0 Å². The van der Waals surface area contributed by atoms with Crippen LogP contribution in [-0.2, 0) is 17.9 Å². The van der Waals surface area contributed by atoms with Crippen LogP contribution in [0.5, 0.6) is 0 Å². The first-order valence-corrected chi connectivity index (χ1v) is 6.69. The molecule has 0 spiro atoms. The second kappa shape index (κ2) is 5.88. The van der Waals surface area contributed by atoms with Gasteiger partial charge in [-0.15, -0.1) is 0 Å². The van der Waals surface area contributed by atoms with Crippen molar-refractivity contribution in [2.75, 3.05) is 6.61 Å². The summed E-state index contributed by atoms with van der Waals surface area (Å²) in [6, 6.07) is 17.1. The molecule has 2 nitrogen and oxygen atoms in total. The first-order valence-electron chi connectivity index (χ1n) is 6.69. The SMILES string of the molecule is Fc1cccc2ccn(CCOCc3ccccc3)c12. The van der Waals surface area contributed by atoms with Gasteiger partial charge in [0.15, 0.2) is 0 Å². The highest BCUT2D eigenvalue weighted by atomic mass is 19.1. The topological polar surface area (TPSA) is 14.2 Å². The van der Waals surface area contributed by atoms with Crippen LogP contribution in [0.25, 0.3) is 10.9 Å². The van der Waals surface area contributed by atoms with Crippen LogP contribution in [0, 0.1) is 5.82 Å². The molecule has 0 bridgehead atoms. The molecule has 0 fully saturated rings. The molecule has 102 valence electrons. The second-order valence-corrected chi connectivity index (χ2v) is 4.72. The first kappa shape index (κ1) is 12.9. The number of benzene rings is 2. The predicted octanol–water partition coefficient (Wildman–Crippen LogP) is 4.00. The van der Waals surface area contributed by atoms with Crippen LogP contribution in [0.15, 0.2) is 60.8 Å². The number of hydrogen-bond acceptors (Lipinski definition) is 1. The number of nitrogens with zero attached hydrogens (tertiary/aromatic N) is 1. The molecular weight excluding hydrogens is 253 g/mol. The maximum atomic E-state index is 13.8. The summed E-state index contributed by atoms with van der Waals surface area (Å²) in [5, 5.41) is 0.924. The normalized spacial score (nSPS) is 11.1. The zero-order valence-corrected chi connectivity index (χ0v) is 11.1. The molecule has 0 aliphatic rings. The van der Waals surface area contributed by atoms with E-state index in [1.54, 1.807) is 6.07 Å². The zero-order chi connectivity index (χ0) is 13.8. The van der Waals surface area contributed by atoms with Crippen LogP contribution in [0.3, 0.4) is 0 Å². The third-order valence-electron chi connectivity index (χ3n) is 3.33. The van der Waals surface area contributed by atoms with E-state index in [-0.39, 0.29) is 5.82 Å². The lowest BCUT2D eigenvalue weighted by atomic mass is 10.2. The lowest BCUT2D eigenvalue weighted by Gasteiger charge is -2.07. The van der Waals surface area contributed by atoms with Gasteiger partial charge in [-0.05, 0) is 17.7 Å². The van der Waals surface area contributed by atoms with Gasteiger partial charge in [-0.3, -0.25) is 0 Å². The Labute approximate surface area is 117 Å². The molecule has 0 aliphatic carbocycles. The van der Waals surface area contributed by atoms with E-state index in [4.69, 9.17) is 4.74 Å². The Morgan fingerprint density at radius 3 is 2.65 bits per heavy atom. The molecule has 0 N–H and O–H groups in total. The summed E-state index contributed by atoms with van der Waals surface area (Å²) < 4.78 is 21.3. The molecule has 0 amide bonds. The van der Waals surface area contributed by atoms with E-state index in [1.807, 2.05) is 53.2 Å². The maximum absolute atomic E-state index is 13.8. The third kappa shape index (κ3) is 2.73. The molecule has 0 radical (unpaired) electrons. The van der Waals surface area contributed by atoms with Gasteiger partial charge in [-0.1, -0.05) is 42.5 Å². The molecule has 0 saturated heterocycles. The van der Waals surface area contributed by atoms with E-state index >= 15 is 0 Å². The molecule has 0 aliphatic heterocycles. The summed E-state index contributed by atoms with van der Waals surface area (Å²) >= 11 is 0. The van der Waals surface area contributed by atoms with Crippen molar-refractivity contribution in [3.63, 3.8) is 0 Å². The molecule has 1 heterocycles. The fraction of sp³-hybridized carbons (Fsp3) is 0.176. The summed E-state index contributed by atoms with van der Waals surface area (Å²) in [4.78, 5) is 0. The van der Waals surface area contributed by atoms with E-state index in [1.165, 1.54) is 6.07 Å². The van der Waals surface area contributed by atoms with Crippen molar-refractivity contribution in [2.24, 2.45) is 0 Å². The lowest BCUT2D eigenvalue weighted by Crippen LogP contribution is -2.05. The Morgan fingerprint density at radius 1 is 0.950 bits per heavy atom. The number of rotatable bonds is 5. The maximum Gasteiger partial charge on any atom is 0.147 e. The Hall–Kier alpha value is -2.13. The number of fused-ring (bicyclic) bond motifs is 1. The highest BCUT2D eigenvalue weighted by molar-refractivity contribution is 5.80. The largest absolute Gasteiger partial charge is 0.375 e. The molecule has 0 unspecified atom stereocenters. The van der Waals surface area contributed by atoms with Gasteiger partial charge in [0.1, 0.15) is 5.82 Å². The van der Waals surface area contributed by atoms with Crippen molar-refractivity contribution in [1.82, 2.24) is 4.57 Å². The minimum absolute atomic E-state index is 0.185. The number of aromatic nitrogens is 1. The molecule has 20 heavy (non-hydrogen) atoms. The van der Waals surface area contributed by atoms with Crippen molar-refractivity contribution in [3.05, 3.63) is 72.2 Å². The summed E-state index contributed by atoms with van der Waals surface area (Å²) in [6.07, 6.45) is 1.90. The fourth-order valence-electron chi connectivity index (χ4n) is 2.33. The standard InChI is InChI=1S/C17H16FNO/c18-16-8-4-7-15-9-10-19(17(15)16)11-12-20-13-14-5-2-1-3-6-14/h1-10H,11-13H2. The quantitative estimate of drug-likeness (QED) is 0.639. The van der Waals surface area contributed by atoms with Gasteiger partial charge in [0.2, 0.25) is 0 Å². The van der Waals surface area contributed by atoms with Crippen LogP contribution < -0.4 is 0 Å². The molecule has 3 rings (SSSR count). The first-order chi connectivity index (χ1) is 9.84. The monoisotopic (exact) mass is 269 g/mol. The Morgan fingerprint density at radius 2 is 1.80 bits per heavy atom. The third-order valence-corrected chi connectivity index (χ3v) is 3.33. The molecule has 2 aromatic carbocycles. The Balaban J connectivity index is 1.60. The van der Waals surface area contributed by atoms with Crippen molar-refractivity contribution in [1.29, 1.82) is 0 Å². The van der Waals surface area contributed by atoms with Crippen LogP contribution >= 0.6 is 0 Å². The number of halogens is 1. The van der Waals surface area contributed by atoms with Crippen LogP contribution in [0.4, 0.5) is 4.39 Å². The molecule has 0 saturated carbocycles. The van der Waals surface area contributed by atoms with E-state index < -0.39 is 0 Å². The fourth-order valence-corrected chi connectivity index (χ4v) is 2.33. The summed E-state index contributed by atoms with van der Waals surface area (Å²) in [5.41, 5.74) is 1.80. The van der Waals surface area contributed by atoms with Gasteiger partial charge >= 0.3 is 0 Å². The van der Waals surface area contributed by atoms with Crippen LogP contribution in [0.2, 0.25) is 0 Å².